The van der Waals surface area contributed by atoms with Crippen molar-refractivity contribution in [2.45, 2.75) is 92.9 Å². The third-order valence-corrected chi connectivity index (χ3v) is 13.8. The Kier molecular flexibility index (Phi) is 12.8. The fraction of sp³-hybridized carbons (Fsp3) is 0.221. The van der Waals surface area contributed by atoms with Crippen LogP contribution in [-0.4, -0.2) is 19.5 Å². The molecule has 12 rings (SSSR count). The molecule has 3 aromatic heterocycles. The van der Waals surface area contributed by atoms with Gasteiger partial charge in [0, 0.05) is 56.6 Å². The molecule has 3 heterocycles. The average molecular weight is 1150 g/mol. The van der Waals surface area contributed by atoms with Crippen LogP contribution in [-0.2, 0) is 31.9 Å². The van der Waals surface area contributed by atoms with Gasteiger partial charge in [-0.1, -0.05) is 165 Å². The van der Waals surface area contributed by atoms with Crippen LogP contribution in [0.2, 0.25) is 0 Å². The van der Waals surface area contributed by atoms with Crippen molar-refractivity contribution in [3.8, 4) is 39.6 Å². The largest absolute Gasteiger partial charge is 0.501 e. The SMILES string of the molecule is CC(C)(C)c1ccnc(-c2[c-]cccc2)n1.[2H]C([2H])(c1ccc2ccc3nc(-c4[c-]ccc5c4oc4cc6c(ccc7ccccc76)cc45)n(-c4c(C(C)C)cc(-c5ccccc5)cc4C(C)C)c3c2c1)C(C)(C)C.[Ir]. The minimum Gasteiger partial charge on any atom is -0.501 e. The smallest absolute Gasteiger partial charge is 0.121 e. The predicted molar refractivity (Wildman–Crippen MR) is 307 cm³/mol. The first kappa shape index (κ1) is 47.7. The molecule has 9 aromatic carbocycles. The summed E-state index contributed by atoms with van der Waals surface area (Å²) in [4.78, 5) is 14.4. The first-order chi connectivity index (χ1) is 35.9. The van der Waals surface area contributed by atoms with E-state index in [2.05, 4.69) is 196 Å². The monoisotopic (exact) mass is 1150 g/mol. The minimum atomic E-state index is -1.58. The van der Waals surface area contributed by atoms with E-state index in [9.17, 15) is 2.74 Å². The second kappa shape index (κ2) is 19.9. The Morgan fingerprint density at radius 3 is 2.00 bits per heavy atom. The number of hydrogen-bond donors (Lipinski definition) is 0. The summed E-state index contributed by atoms with van der Waals surface area (Å²) in [5, 5.41) is 8.78. The van der Waals surface area contributed by atoms with E-state index in [0.717, 1.165) is 83.3 Å². The second-order valence-corrected chi connectivity index (χ2v) is 22.0. The van der Waals surface area contributed by atoms with E-state index in [1.165, 1.54) is 38.4 Å². The van der Waals surface area contributed by atoms with E-state index in [4.69, 9.17) is 9.40 Å². The Bertz CT molecular complexity index is 4100. The third-order valence-electron chi connectivity index (χ3n) is 13.8. The number of fused-ring (bicyclic) bond motifs is 9. The van der Waals surface area contributed by atoms with Gasteiger partial charge in [-0.2, -0.15) is 0 Å². The molecule has 6 heteroatoms. The van der Waals surface area contributed by atoms with Crippen LogP contribution in [0.15, 0.2) is 174 Å². The molecular formula is C68H62IrN4O-2. The first-order valence-corrected chi connectivity index (χ1v) is 25.6. The van der Waals surface area contributed by atoms with Crippen LogP contribution in [0.25, 0.3) is 105 Å². The molecule has 0 atom stereocenters. The van der Waals surface area contributed by atoms with E-state index in [1.54, 1.807) is 0 Å². The summed E-state index contributed by atoms with van der Waals surface area (Å²) in [7, 11) is 0. The van der Waals surface area contributed by atoms with Crippen molar-refractivity contribution in [3.63, 3.8) is 0 Å². The standard InChI is InChI=1S/C54H47N2O.C14H15N2.Ir/c1-32(2)43-28-39(35-14-9-8-10-15-35)29-44(33(3)4)50(43)56-51-46-26-34(31-54(5,6)7)20-21-37(46)24-25-48(51)55-53(56)42-19-13-18-41-47-27-38-23-22-36-16-11-12-17-40(36)45(38)30-49(47)57-52(41)42;1-14(2,3)12-9-10-15-13(16-12)11-7-5-4-6-8-11;/h8-18,20-30,32-33H,31H2,1-7H3;4-7,9-10H,1-3H3;/q2*-1;/i31D2;;. The van der Waals surface area contributed by atoms with Crippen LogP contribution < -0.4 is 0 Å². The number of benzene rings is 9. The summed E-state index contributed by atoms with van der Waals surface area (Å²) in [5.74, 6) is 1.83. The molecule has 0 spiro atoms. The van der Waals surface area contributed by atoms with Gasteiger partial charge in [0.1, 0.15) is 5.58 Å². The van der Waals surface area contributed by atoms with Gasteiger partial charge in [-0.3, -0.25) is 15.0 Å². The zero-order chi connectivity index (χ0) is 52.6. The van der Waals surface area contributed by atoms with Gasteiger partial charge in [0.25, 0.3) is 0 Å². The fourth-order valence-electron chi connectivity index (χ4n) is 10.2. The number of rotatable bonds is 7. The van der Waals surface area contributed by atoms with Crippen molar-refractivity contribution in [2.24, 2.45) is 5.41 Å². The van der Waals surface area contributed by atoms with Gasteiger partial charge in [0.05, 0.1) is 28.3 Å². The molecule has 371 valence electrons. The normalized spacial score (nSPS) is 12.7. The van der Waals surface area contributed by atoms with E-state index in [1.807, 2.05) is 69.4 Å². The topological polar surface area (TPSA) is 56.7 Å². The molecule has 0 saturated carbocycles. The average Bonchev–Trinajstić information content (AvgIpc) is 4.07. The second-order valence-electron chi connectivity index (χ2n) is 22.0. The first-order valence-electron chi connectivity index (χ1n) is 26.6. The molecule has 74 heavy (non-hydrogen) atoms. The van der Waals surface area contributed by atoms with E-state index < -0.39 is 11.8 Å². The van der Waals surface area contributed by atoms with Gasteiger partial charge < -0.3 is 8.98 Å². The number of furan rings is 1. The Hall–Kier alpha value is -7.24. The summed E-state index contributed by atoms with van der Waals surface area (Å²) in [6.07, 6.45) is 0.229. The maximum atomic E-state index is 9.31. The van der Waals surface area contributed by atoms with Crippen LogP contribution >= 0.6 is 0 Å². The van der Waals surface area contributed by atoms with Crippen molar-refractivity contribution in [2.75, 3.05) is 0 Å². The molecule has 0 saturated heterocycles. The van der Waals surface area contributed by atoms with Gasteiger partial charge in [-0.05, 0) is 121 Å². The summed E-state index contributed by atoms with van der Waals surface area (Å²) >= 11 is 0. The molecule has 0 fully saturated rings. The van der Waals surface area contributed by atoms with Crippen molar-refractivity contribution < 1.29 is 27.3 Å². The molecule has 1 radical (unpaired) electrons. The molecule has 0 bridgehead atoms. The summed E-state index contributed by atoms with van der Waals surface area (Å²) in [6.45, 7) is 21.4. The van der Waals surface area contributed by atoms with Gasteiger partial charge in [0.2, 0.25) is 0 Å². The predicted octanol–water partition coefficient (Wildman–Crippen LogP) is 18.6. The van der Waals surface area contributed by atoms with Gasteiger partial charge in [-0.15, -0.1) is 54.1 Å². The maximum Gasteiger partial charge on any atom is 0.121 e. The quantitative estimate of drug-likeness (QED) is 0.118. The number of nitrogens with zero attached hydrogens (tertiary/aromatic N) is 4. The van der Waals surface area contributed by atoms with Crippen LogP contribution in [0.3, 0.4) is 0 Å². The van der Waals surface area contributed by atoms with Crippen LogP contribution in [0.4, 0.5) is 0 Å². The minimum absolute atomic E-state index is 0. The molecule has 5 nitrogen and oxygen atoms in total. The van der Waals surface area contributed by atoms with Gasteiger partial charge in [0.15, 0.2) is 0 Å². The Labute approximate surface area is 451 Å². The van der Waals surface area contributed by atoms with E-state index in [-0.39, 0.29) is 37.4 Å². The number of imidazole rings is 1. The van der Waals surface area contributed by atoms with Crippen LogP contribution in [0.1, 0.15) is 106 Å². The molecule has 0 aliphatic carbocycles. The molecule has 12 aromatic rings. The summed E-state index contributed by atoms with van der Waals surface area (Å²) < 4.78 is 28.0. The maximum absolute atomic E-state index is 9.31. The van der Waals surface area contributed by atoms with Crippen molar-refractivity contribution in [1.29, 1.82) is 0 Å². The Balaban J connectivity index is 0.000000331. The molecule has 0 amide bonds. The van der Waals surface area contributed by atoms with Gasteiger partial charge >= 0.3 is 0 Å². The van der Waals surface area contributed by atoms with Crippen molar-refractivity contribution in [1.82, 2.24) is 19.5 Å². The van der Waals surface area contributed by atoms with E-state index >= 15 is 0 Å². The Morgan fingerprint density at radius 1 is 0.595 bits per heavy atom. The van der Waals surface area contributed by atoms with Crippen LogP contribution in [0, 0.1) is 17.5 Å². The summed E-state index contributed by atoms with van der Waals surface area (Å²) in [5.41, 5.74) is 12.1. The zero-order valence-electron chi connectivity index (χ0n) is 45.9. The molecule has 0 N–H and O–H groups in total. The van der Waals surface area contributed by atoms with Gasteiger partial charge in [-0.25, -0.2) is 0 Å². The van der Waals surface area contributed by atoms with Crippen molar-refractivity contribution >= 4 is 65.3 Å². The third kappa shape index (κ3) is 9.58. The molecule has 0 unspecified atom stereocenters. The Morgan fingerprint density at radius 2 is 1.28 bits per heavy atom. The number of aromatic nitrogens is 4. The molecule has 0 aliphatic rings. The van der Waals surface area contributed by atoms with Crippen LogP contribution in [0.5, 0.6) is 0 Å². The molecular weight excluding hydrogens is 1080 g/mol. The van der Waals surface area contributed by atoms with Crippen molar-refractivity contribution in [3.05, 3.63) is 205 Å². The molecule has 0 aliphatic heterocycles. The van der Waals surface area contributed by atoms with E-state index in [0.29, 0.717) is 5.56 Å². The zero-order valence-corrected chi connectivity index (χ0v) is 46.2. The number of hydrogen-bond acceptors (Lipinski definition) is 4. The fourth-order valence-corrected chi connectivity index (χ4v) is 10.2. The summed E-state index contributed by atoms with van der Waals surface area (Å²) in [6, 6.07) is 63.6.